The summed E-state index contributed by atoms with van der Waals surface area (Å²) in [5, 5.41) is 27.1. The minimum Gasteiger partial charge on any atom is -0.272 e. The Hall–Kier alpha value is -2.51. The molecule has 0 amide bonds. The highest BCUT2D eigenvalue weighted by Gasteiger charge is 2.60. The molecule has 4 rings (SSSR count). The van der Waals surface area contributed by atoms with Gasteiger partial charge in [-0.25, -0.2) is 0 Å². The molecule has 0 aliphatic heterocycles. The van der Waals surface area contributed by atoms with Crippen LogP contribution in [0, 0.1) is 48.3 Å². The normalized spacial score (nSPS) is 37.6. The van der Waals surface area contributed by atoms with Crippen LogP contribution in [0.1, 0.15) is 79.1 Å². The van der Waals surface area contributed by atoms with Gasteiger partial charge < -0.3 is 0 Å². The van der Waals surface area contributed by atoms with Crippen molar-refractivity contribution in [1.29, 1.82) is 0 Å². The Morgan fingerprint density at radius 1 is 1.09 bits per heavy atom. The van der Waals surface area contributed by atoms with Crippen LogP contribution in [0.15, 0.2) is 23.3 Å². The smallest absolute Gasteiger partial charge is 0.272 e. The van der Waals surface area contributed by atoms with E-state index in [4.69, 9.17) is 0 Å². The van der Waals surface area contributed by atoms with E-state index in [0.29, 0.717) is 16.7 Å². The summed E-state index contributed by atoms with van der Waals surface area (Å²) in [6.07, 6.45) is 9.39. The molecule has 0 heterocycles. The van der Waals surface area contributed by atoms with Gasteiger partial charge in [0, 0.05) is 17.2 Å². The molecule has 0 aromatic heterocycles. The number of benzene rings is 1. The fraction of sp³-hybridized carbons (Fsp3) is 0.708. The molecule has 0 spiro atoms. The van der Waals surface area contributed by atoms with E-state index in [-0.39, 0.29) is 22.5 Å². The molecule has 0 unspecified atom stereocenters. The lowest BCUT2D eigenvalue weighted by Crippen LogP contribution is -2.52. The number of nitro groups is 2. The van der Waals surface area contributed by atoms with Gasteiger partial charge in [0.1, 0.15) is 5.69 Å². The standard InChI is InChI=1S/C24H34N4O4/c1-5-22(2)12-13-23(3)16(15-22)10-11-24(4)20(23)8-9-21(24)26-25-18-7-6-17(27(29)30)14-19(18)28(31)32/h6-7,14,16,20,25H,5,8-13,15H2,1-4H3/b26-21+/t16-,20+,22-,23-,24+/m1/s1. The Morgan fingerprint density at radius 2 is 1.84 bits per heavy atom. The maximum Gasteiger partial charge on any atom is 0.301 e. The molecule has 3 aliphatic carbocycles. The van der Waals surface area contributed by atoms with E-state index in [2.05, 4.69) is 38.2 Å². The predicted octanol–water partition coefficient (Wildman–Crippen LogP) is 6.70. The fourth-order valence-electron chi connectivity index (χ4n) is 7.04. The largest absolute Gasteiger partial charge is 0.301 e. The molecule has 8 nitrogen and oxygen atoms in total. The number of hydrazone groups is 1. The van der Waals surface area contributed by atoms with E-state index >= 15 is 0 Å². The lowest BCUT2D eigenvalue weighted by molar-refractivity contribution is -0.393. The van der Waals surface area contributed by atoms with Crippen LogP contribution in [0.4, 0.5) is 17.1 Å². The molecule has 0 bridgehead atoms. The third-order valence-electron chi connectivity index (χ3n) is 9.40. The first kappa shape index (κ1) is 22.7. The van der Waals surface area contributed by atoms with Gasteiger partial charge in [-0.2, -0.15) is 5.10 Å². The van der Waals surface area contributed by atoms with Gasteiger partial charge in [-0.15, -0.1) is 0 Å². The average molecular weight is 443 g/mol. The summed E-state index contributed by atoms with van der Waals surface area (Å²) in [5.41, 5.74) is 4.31. The number of nitrogens with zero attached hydrogens (tertiary/aromatic N) is 3. The second-order valence-corrected chi connectivity index (χ2v) is 11.0. The van der Waals surface area contributed by atoms with Crippen molar-refractivity contribution in [2.24, 2.45) is 33.2 Å². The summed E-state index contributed by atoms with van der Waals surface area (Å²) in [4.78, 5) is 21.2. The van der Waals surface area contributed by atoms with Crippen molar-refractivity contribution in [3.8, 4) is 0 Å². The van der Waals surface area contributed by atoms with Crippen LogP contribution in [0.2, 0.25) is 0 Å². The summed E-state index contributed by atoms with van der Waals surface area (Å²) in [5.74, 6) is 1.32. The van der Waals surface area contributed by atoms with Crippen molar-refractivity contribution in [3.05, 3.63) is 38.4 Å². The highest BCUT2D eigenvalue weighted by atomic mass is 16.6. The SMILES string of the molecule is CC[C@]1(C)CC[C@]2(C)[C@H](CC[C@]3(C)/C(=N/Nc4ccc([N+](=O)[O-])cc4[N+](=O)[O-])CC[C@@H]23)C1. The first-order chi connectivity index (χ1) is 15.0. The molecule has 3 aliphatic rings. The summed E-state index contributed by atoms with van der Waals surface area (Å²) in [7, 11) is 0. The van der Waals surface area contributed by atoms with Gasteiger partial charge in [0.05, 0.1) is 15.9 Å². The van der Waals surface area contributed by atoms with Crippen LogP contribution >= 0.6 is 0 Å². The Kier molecular flexibility index (Phi) is 5.54. The highest BCUT2D eigenvalue weighted by Crippen LogP contribution is 2.66. The minimum absolute atomic E-state index is 0.00619. The second kappa shape index (κ2) is 7.81. The molecular formula is C24H34N4O4. The predicted molar refractivity (Wildman–Crippen MR) is 125 cm³/mol. The van der Waals surface area contributed by atoms with E-state index in [1.165, 1.54) is 44.2 Å². The Labute approximate surface area is 189 Å². The number of fused-ring (bicyclic) bond motifs is 3. The minimum atomic E-state index is -0.627. The van der Waals surface area contributed by atoms with Gasteiger partial charge in [-0.3, -0.25) is 25.7 Å². The summed E-state index contributed by atoms with van der Waals surface area (Å²) >= 11 is 0. The zero-order chi connectivity index (χ0) is 23.3. The number of nitro benzene ring substituents is 2. The Bertz CT molecular complexity index is 979. The van der Waals surface area contributed by atoms with Crippen LogP contribution in [-0.4, -0.2) is 15.6 Å². The summed E-state index contributed by atoms with van der Waals surface area (Å²) in [6, 6.07) is 3.63. The van der Waals surface area contributed by atoms with Crippen molar-refractivity contribution in [1.82, 2.24) is 0 Å². The van der Waals surface area contributed by atoms with Crippen molar-refractivity contribution in [2.45, 2.75) is 79.1 Å². The summed E-state index contributed by atoms with van der Waals surface area (Å²) in [6.45, 7) is 9.58. The highest BCUT2D eigenvalue weighted by molar-refractivity contribution is 5.93. The van der Waals surface area contributed by atoms with Crippen molar-refractivity contribution in [3.63, 3.8) is 0 Å². The van der Waals surface area contributed by atoms with E-state index in [1.807, 2.05) is 0 Å². The first-order valence-corrected chi connectivity index (χ1v) is 11.8. The van der Waals surface area contributed by atoms with Gasteiger partial charge in [0.25, 0.3) is 5.69 Å². The molecule has 5 atom stereocenters. The number of rotatable bonds is 5. The van der Waals surface area contributed by atoms with Gasteiger partial charge in [-0.1, -0.05) is 34.1 Å². The molecule has 8 heteroatoms. The topological polar surface area (TPSA) is 111 Å². The maximum atomic E-state index is 11.5. The maximum absolute atomic E-state index is 11.5. The molecule has 32 heavy (non-hydrogen) atoms. The number of nitrogens with one attached hydrogen (secondary N) is 1. The van der Waals surface area contributed by atoms with Crippen LogP contribution in [0.5, 0.6) is 0 Å². The van der Waals surface area contributed by atoms with Crippen molar-refractivity contribution < 1.29 is 9.85 Å². The Balaban J connectivity index is 1.58. The molecule has 0 radical (unpaired) electrons. The van der Waals surface area contributed by atoms with Gasteiger partial charge >= 0.3 is 5.69 Å². The van der Waals surface area contributed by atoms with E-state index in [9.17, 15) is 20.2 Å². The number of hydrogen-bond donors (Lipinski definition) is 1. The molecule has 3 saturated carbocycles. The number of hydrogen-bond acceptors (Lipinski definition) is 6. The van der Waals surface area contributed by atoms with Gasteiger partial charge in [-0.05, 0) is 73.7 Å². The first-order valence-electron chi connectivity index (χ1n) is 11.8. The van der Waals surface area contributed by atoms with Gasteiger partial charge in [0.2, 0.25) is 0 Å². The van der Waals surface area contributed by atoms with Gasteiger partial charge in [0.15, 0.2) is 0 Å². The molecule has 174 valence electrons. The lowest BCUT2D eigenvalue weighted by Gasteiger charge is -2.59. The van der Waals surface area contributed by atoms with Crippen LogP contribution in [0.25, 0.3) is 0 Å². The second-order valence-electron chi connectivity index (χ2n) is 11.0. The third-order valence-corrected chi connectivity index (χ3v) is 9.40. The summed E-state index contributed by atoms with van der Waals surface area (Å²) < 4.78 is 0. The van der Waals surface area contributed by atoms with Crippen LogP contribution in [-0.2, 0) is 0 Å². The van der Waals surface area contributed by atoms with Crippen molar-refractivity contribution >= 4 is 22.8 Å². The van der Waals surface area contributed by atoms with E-state index < -0.39 is 9.85 Å². The molecule has 1 aromatic rings. The van der Waals surface area contributed by atoms with Crippen LogP contribution < -0.4 is 5.43 Å². The third kappa shape index (κ3) is 3.57. The molecule has 3 fully saturated rings. The van der Waals surface area contributed by atoms with Crippen molar-refractivity contribution in [2.75, 3.05) is 5.43 Å². The zero-order valence-electron chi connectivity index (χ0n) is 19.5. The molecule has 1 N–H and O–H groups in total. The molecular weight excluding hydrogens is 408 g/mol. The fourth-order valence-corrected chi connectivity index (χ4v) is 7.04. The van der Waals surface area contributed by atoms with E-state index in [0.717, 1.165) is 37.0 Å². The number of anilines is 1. The average Bonchev–Trinajstić information content (AvgIpc) is 3.10. The molecule has 0 saturated heterocycles. The molecule has 1 aromatic carbocycles. The number of non-ortho nitro benzene ring substituents is 1. The van der Waals surface area contributed by atoms with Crippen LogP contribution in [0.3, 0.4) is 0 Å². The Morgan fingerprint density at radius 3 is 2.50 bits per heavy atom. The van der Waals surface area contributed by atoms with E-state index in [1.54, 1.807) is 0 Å². The lowest BCUT2D eigenvalue weighted by atomic mass is 9.46. The monoisotopic (exact) mass is 442 g/mol. The quantitative estimate of drug-likeness (QED) is 0.403. The zero-order valence-corrected chi connectivity index (χ0v) is 19.5.